The normalized spacial score (nSPS) is 12.1. The van der Waals surface area contributed by atoms with E-state index >= 15 is 0 Å². The standard InChI is InChI=1S/C22H27ClN4O3/c1-4-15(2)24-20(28)9-10-27(11-13-29-3)22-17-8-7-16(23)14-18(17)25-21(26-22)19-6-5-12-30-19/h5-8,12,14-15H,4,9-11,13H2,1-3H3,(H,24,28)/t15-/m0/s1. The number of nitrogens with one attached hydrogen (secondary N) is 1. The molecule has 0 radical (unpaired) electrons. The highest BCUT2D eigenvalue weighted by Gasteiger charge is 2.18. The van der Waals surface area contributed by atoms with Crippen LogP contribution in [0.15, 0.2) is 41.0 Å². The summed E-state index contributed by atoms with van der Waals surface area (Å²) in [6, 6.07) is 9.28. The van der Waals surface area contributed by atoms with Crippen LogP contribution in [0.5, 0.6) is 0 Å². The van der Waals surface area contributed by atoms with Gasteiger partial charge in [0.15, 0.2) is 11.6 Å². The van der Waals surface area contributed by atoms with Gasteiger partial charge >= 0.3 is 0 Å². The van der Waals surface area contributed by atoms with Crippen LogP contribution in [-0.4, -0.2) is 48.7 Å². The first-order chi connectivity index (χ1) is 14.5. The maximum Gasteiger partial charge on any atom is 0.221 e. The van der Waals surface area contributed by atoms with Crippen molar-refractivity contribution in [3.63, 3.8) is 0 Å². The Kier molecular flexibility index (Phi) is 7.65. The second-order valence-electron chi connectivity index (χ2n) is 7.12. The highest BCUT2D eigenvalue weighted by molar-refractivity contribution is 6.31. The van der Waals surface area contributed by atoms with Crippen LogP contribution in [0.4, 0.5) is 5.82 Å². The summed E-state index contributed by atoms with van der Waals surface area (Å²) >= 11 is 6.21. The number of carbonyl (C=O) groups excluding carboxylic acids is 1. The Labute approximate surface area is 181 Å². The highest BCUT2D eigenvalue weighted by atomic mass is 35.5. The largest absolute Gasteiger partial charge is 0.461 e. The number of methoxy groups -OCH3 is 1. The fourth-order valence-electron chi connectivity index (χ4n) is 3.05. The monoisotopic (exact) mass is 430 g/mol. The lowest BCUT2D eigenvalue weighted by Gasteiger charge is -2.25. The minimum absolute atomic E-state index is 0.0134. The first kappa shape index (κ1) is 22.1. The quantitative estimate of drug-likeness (QED) is 0.516. The van der Waals surface area contributed by atoms with Crippen LogP contribution in [0.1, 0.15) is 26.7 Å². The van der Waals surface area contributed by atoms with E-state index in [9.17, 15) is 4.79 Å². The van der Waals surface area contributed by atoms with Crippen LogP contribution >= 0.6 is 11.6 Å². The molecular weight excluding hydrogens is 404 g/mol. The van der Waals surface area contributed by atoms with Gasteiger partial charge < -0.3 is 19.4 Å². The van der Waals surface area contributed by atoms with Gasteiger partial charge in [0.2, 0.25) is 5.91 Å². The Morgan fingerprint density at radius 1 is 1.30 bits per heavy atom. The lowest BCUT2D eigenvalue weighted by Crippen LogP contribution is -2.36. The van der Waals surface area contributed by atoms with Crippen LogP contribution in [0.3, 0.4) is 0 Å². The fourth-order valence-corrected chi connectivity index (χ4v) is 3.22. The molecule has 1 N–H and O–H groups in total. The molecule has 0 unspecified atom stereocenters. The van der Waals surface area contributed by atoms with E-state index in [1.165, 1.54) is 0 Å². The van der Waals surface area contributed by atoms with Crippen molar-refractivity contribution in [3.05, 3.63) is 41.6 Å². The van der Waals surface area contributed by atoms with Crippen LogP contribution in [-0.2, 0) is 9.53 Å². The highest BCUT2D eigenvalue weighted by Crippen LogP contribution is 2.29. The summed E-state index contributed by atoms with van der Waals surface area (Å²) in [6.45, 7) is 5.63. The lowest BCUT2D eigenvalue weighted by molar-refractivity contribution is -0.121. The third kappa shape index (κ3) is 5.49. The van der Waals surface area contributed by atoms with Crippen LogP contribution in [0, 0.1) is 0 Å². The predicted molar refractivity (Wildman–Crippen MR) is 119 cm³/mol. The van der Waals surface area contributed by atoms with Crippen molar-refractivity contribution in [3.8, 4) is 11.6 Å². The second-order valence-corrected chi connectivity index (χ2v) is 7.55. The van der Waals surface area contributed by atoms with Crippen molar-refractivity contribution in [2.75, 3.05) is 31.7 Å². The molecule has 0 aliphatic rings. The third-order valence-electron chi connectivity index (χ3n) is 4.87. The van der Waals surface area contributed by atoms with Gasteiger partial charge in [-0.3, -0.25) is 4.79 Å². The van der Waals surface area contributed by atoms with Gasteiger partial charge in [-0.25, -0.2) is 9.97 Å². The van der Waals surface area contributed by atoms with E-state index in [0.717, 1.165) is 17.6 Å². The molecule has 0 saturated heterocycles. The first-order valence-corrected chi connectivity index (χ1v) is 10.4. The summed E-state index contributed by atoms with van der Waals surface area (Å²) in [4.78, 5) is 23.8. The summed E-state index contributed by atoms with van der Waals surface area (Å²) in [5, 5.41) is 4.46. The topological polar surface area (TPSA) is 80.5 Å². The number of benzene rings is 1. The van der Waals surface area contributed by atoms with Gasteiger partial charge in [-0.15, -0.1) is 0 Å². The molecule has 1 amide bonds. The number of carbonyl (C=O) groups is 1. The Balaban J connectivity index is 1.96. The van der Waals surface area contributed by atoms with Gasteiger partial charge in [-0.2, -0.15) is 0 Å². The van der Waals surface area contributed by atoms with Crippen molar-refractivity contribution in [2.24, 2.45) is 0 Å². The average Bonchev–Trinajstić information content (AvgIpc) is 3.27. The molecule has 2 aromatic heterocycles. The number of aromatic nitrogens is 2. The number of hydrogen-bond acceptors (Lipinski definition) is 6. The molecule has 0 saturated carbocycles. The second kappa shape index (κ2) is 10.4. The van der Waals surface area contributed by atoms with E-state index < -0.39 is 0 Å². The molecule has 0 aliphatic heterocycles. The number of anilines is 1. The molecule has 8 heteroatoms. The Morgan fingerprint density at radius 2 is 2.13 bits per heavy atom. The van der Waals surface area contributed by atoms with E-state index in [1.54, 1.807) is 25.5 Å². The van der Waals surface area contributed by atoms with Gasteiger partial charge in [0.1, 0.15) is 5.82 Å². The van der Waals surface area contributed by atoms with Crippen molar-refractivity contribution in [2.45, 2.75) is 32.7 Å². The van der Waals surface area contributed by atoms with Gasteiger partial charge in [-0.05, 0) is 43.7 Å². The first-order valence-electron chi connectivity index (χ1n) is 10.1. The van der Waals surface area contributed by atoms with Crippen molar-refractivity contribution >= 4 is 34.2 Å². The molecule has 1 aromatic carbocycles. The number of hydrogen-bond donors (Lipinski definition) is 1. The van der Waals surface area contributed by atoms with Crippen LogP contribution in [0.2, 0.25) is 5.02 Å². The number of furan rings is 1. The summed E-state index contributed by atoms with van der Waals surface area (Å²) in [7, 11) is 1.65. The molecule has 0 aliphatic carbocycles. The van der Waals surface area contributed by atoms with Gasteiger partial charge in [0.25, 0.3) is 0 Å². The molecule has 7 nitrogen and oxygen atoms in total. The van der Waals surface area contributed by atoms with E-state index in [1.807, 2.05) is 36.9 Å². The number of ether oxygens (including phenoxy) is 1. The lowest BCUT2D eigenvalue weighted by atomic mass is 10.2. The van der Waals surface area contributed by atoms with Crippen LogP contribution < -0.4 is 10.2 Å². The number of rotatable bonds is 10. The van der Waals surface area contributed by atoms with Gasteiger partial charge in [-0.1, -0.05) is 18.5 Å². The number of amides is 1. The van der Waals surface area contributed by atoms with Crippen molar-refractivity contribution in [1.82, 2.24) is 15.3 Å². The zero-order valence-electron chi connectivity index (χ0n) is 17.5. The van der Waals surface area contributed by atoms with E-state index in [-0.39, 0.29) is 11.9 Å². The maximum atomic E-state index is 12.3. The molecular formula is C22H27ClN4O3. The smallest absolute Gasteiger partial charge is 0.221 e. The Hall–Kier alpha value is -2.64. The van der Waals surface area contributed by atoms with Crippen molar-refractivity contribution in [1.29, 1.82) is 0 Å². The summed E-state index contributed by atoms with van der Waals surface area (Å²) in [6.07, 6.45) is 2.83. The fraction of sp³-hybridized carbons (Fsp3) is 0.409. The Bertz CT molecular complexity index is 978. The van der Waals surface area contributed by atoms with Gasteiger partial charge in [0, 0.05) is 43.1 Å². The molecule has 0 bridgehead atoms. The zero-order chi connectivity index (χ0) is 21.5. The van der Waals surface area contributed by atoms with E-state index in [0.29, 0.717) is 48.2 Å². The van der Waals surface area contributed by atoms with Crippen LogP contribution in [0.25, 0.3) is 22.5 Å². The SMILES string of the molecule is CC[C@H](C)NC(=O)CCN(CCOC)c1nc(-c2ccco2)nc2cc(Cl)ccc12. The van der Waals surface area contributed by atoms with E-state index in [2.05, 4.69) is 10.3 Å². The predicted octanol–water partition coefficient (Wildman–Crippen LogP) is 4.30. The third-order valence-corrected chi connectivity index (χ3v) is 5.11. The molecule has 160 valence electrons. The molecule has 30 heavy (non-hydrogen) atoms. The minimum atomic E-state index is 0.0134. The summed E-state index contributed by atoms with van der Waals surface area (Å²) in [5.41, 5.74) is 0.713. The zero-order valence-corrected chi connectivity index (χ0v) is 18.3. The molecule has 2 heterocycles. The average molecular weight is 431 g/mol. The number of nitrogens with zero attached hydrogens (tertiary/aromatic N) is 3. The molecule has 1 atom stereocenters. The summed E-state index contributed by atoms with van der Waals surface area (Å²) < 4.78 is 10.8. The van der Waals surface area contributed by atoms with E-state index in [4.69, 9.17) is 25.7 Å². The molecule has 0 fully saturated rings. The minimum Gasteiger partial charge on any atom is -0.461 e. The summed E-state index contributed by atoms with van der Waals surface area (Å²) in [5.74, 6) is 1.77. The van der Waals surface area contributed by atoms with Crippen molar-refractivity contribution < 1.29 is 13.9 Å². The molecule has 3 aromatic rings. The molecule has 0 spiro atoms. The number of halogens is 1. The molecule has 3 rings (SSSR count). The maximum absolute atomic E-state index is 12.3. The van der Waals surface area contributed by atoms with Gasteiger partial charge in [0.05, 0.1) is 18.4 Å². The Morgan fingerprint density at radius 3 is 2.83 bits per heavy atom. The number of fused-ring (bicyclic) bond motifs is 1.